The number of carboxylic acids is 1. The smallest absolute Gasteiger partial charge is 0.357 e. The molecule has 3 aromatic rings. The summed E-state index contributed by atoms with van der Waals surface area (Å²) < 4.78 is 0. The van der Waals surface area contributed by atoms with Gasteiger partial charge in [0.05, 0.1) is 0 Å². The van der Waals surface area contributed by atoms with Crippen LogP contribution in [-0.4, -0.2) is 21.3 Å². The van der Waals surface area contributed by atoms with Crippen LogP contribution in [0.3, 0.4) is 0 Å². The van der Waals surface area contributed by atoms with E-state index in [1.807, 2.05) is 42.5 Å². The lowest BCUT2D eigenvalue weighted by molar-refractivity contribution is 0.0691. The number of benzene rings is 2. The second-order valence-electron chi connectivity index (χ2n) is 4.24. The van der Waals surface area contributed by atoms with Crippen molar-refractivity contribution in [2.45, 2.75) is 0 Å². The number of carbonyl (C=O) groups is 1. The maximum atomic E-state index is 11.2. The van der Waals surface area contributed by atoms with Crippen LogP contribution >= 0.6 is 0 Å². The van der Waals surface area contributed by atoms with Gasteiger partial charge in [0.1, 0.15) is 0 Å². The fourth-order valence-corrected chi connectivity index (χ4v) is 2.01. The zero-order valence-electron chi connectivity index (χ0n) is 10.4. The number of nitrogens with zero attached hydrogens (tertiary/aromatic N) is 2. The highest BCUT2D eigenvalue weighted by atomic mass is 16.4. The highest BCUT2D eigenvalue weighted by molar-refractivity contribution is 6.05. The van der Waals surface area contributed by atoms with Crippen molar-refractivity contribution in [1.29, 1.82) is 0 Å². The Labute approximate surface area is 114 Å². The molecule has 0 aliphatic heterocycles. The van der Waals surface area contributed by atoms with E-state index in [9.17, 15) is 4.79 Å². The van der Waals surface area contributed by atoms with Gasteiger partial charge in [0.2, 0.25) is 0 Å². The molecule has 98 valence electrons. The van der Waals surface area contributed by atoms with Crippen LogP contribution in [0.15, 0.2) is 54.6 Å². The Balaban J connectivity index is 2.13. The fourth-order valence-electron chi connectivity index (χ4n) is 2.01. The minimum Gasteiger partial charge on any atom is -0.476 e. The topological polar surface area (TPSA) is 75.1 Å². The predicted octanol–water partition coefficient (Wildman–Crippen LogP) is 3.07. The Bertz CT molecular complexity index is 772. The summed E-state index contributed by atoms with van der Waals surface area (Å²) in [5.41, 5.74) is 0.828. The van der Waals surface area contributed by atoms with E-state index in [0.717, 1.165) is 11.1 Å². The van der Waals surface area contributed by atoms with Crippen LogP contribution in [0.4, 0.5) is 11.5 Å². The molecule has 3 rings (SSSR count). The van der Waals surface area contributed by atoms with Gasteiger partial charge in [-0.1, -0.05) is 42.5 Å². The number of rotatable bonds is 3. The average Bonchev–Trinajstić information content (AvgIpc) is 2.48. The van der Waals surface area contributed by atoms with Crippen LogP contribution in [0.2, 0.25) is 0 Å². The first-order chi connectivity index (χ1) is 9.75. The van der Waals surface area contributed by atoms with Gasteiger partial charge in [0.25, 0.3) is 0 Å². The van der Waals surface area contributed by atoms with Gasteiger partial charge < -0.3 is 10.4 Å². The van der Waals surface area contributed by atoms with E-state index in [1.165, 1.54) is 0 Å². The molecule has 5 nitrogen and oxygen atoms in total. The van der Waals surface area contributed by atoms with Crippen molar-refractivity contribution in [3.05, 3.63) is 60.3 Å². The quantitative estimate of drug-likeness (QED) is 0.761. The van der Waals surface area contributed by atoms with Gasteiger partial charge in [0, 0.05) is 16.5 Å². The number of hydrogen-bond donors (Lipinski definition) is 2. The first-order valence-electron chi connectivity index (χ1n) is 6.06. The number of carboxylic acid groups (broad SMARTS) is 1. The highest BCUT2D eigenvalue weighted by Crippen LogP contribution is 2.25. The summed E-state index contributed by atoms with van der Waals surface area (Å²) in [4.78, 5) is 11.2. The van der Waals surface area contributed by atoms with Crippen molar-refractivity contribution in [2.24, 2.45) is 0 Å². The monoisotopic (exact) mass is 265 g/mol. The van der Waals surface area contributed by atoms with E-state index in [0.29, 0.717) is 11.2 Å². The van der Waals surface area contributed by atoms with Crippen molar-refractivity contribution < 1.29 is 9.90 Å². The summed E-state index contributed by atoms with van der Waals surface area (Å²) in [6.07, 6.45) is 0. The molecule has 20 heavy (non-hydrogen) atoms. The van der Waals surface area contributed by atoms with Gasteiger partial charge >= 0.3 is 5.97 Å². The Morgan fingerprint density at radius 2 is 1.55 bits per heavy atom. The van der Waals surface area contributed by atoms with Crippen molar-refractivity contribution in [1.82, 2.24) is 10.2 Å². The molecule has 0 saturated heterocycles. The average molecular weight is 265 g/mol. The number of aromatic nitrogens is 2. The summed E-state index contributed by atoms with van der Waals surface area (Å²) in [7, 11) is 0. The summed E-state index contributed by atoms with van der Waals surface area (Å²) in [6.45, 7) is 0. The van der Waals surface area contributed by atoms with Crippen molar-refractivity contribution >= 4 is 28.2 Å². The van der Waals surface area contributed by atoms with E-state index in [1.54, 1.807) is 12.1 Å². The number of para-hydroxylation sites is 1. The third-order valence-corrected chi connectivity index (χ3v) is 2.93. The van der Waals surface area contributed by atoms with Crippen LogP contribution in [0, 0.1) is 0 Å². The van der Waals surface area contributed by atoms with Gasteiger partial charge in [-0.05, 0) is 12.1 Å². The number of fused-ring (bicyclic) bond motifs is 1. The third-order valence-electron chi connectivity index (χ3n) is 2.93. The Morgan fingerprint density at radius 3 is 2.25 bits per heavy atom. The minimum atomic E-state index is -1.08. The maximum absolute atomic E-state index is 11.2. The Hall–Kier alpha value is -2.95. The number of anilines is 2. The molecule has 0 spiro atoms. The van der Waals surface area contributed by atoms with Gasteiger partial charge in [-0.3, -0.25) is 0 Å². The molecule has 0 amide bonds. The molecule has 1 aromatic heterocycles. The van der Waals surface area contributed by atoms with E-state index in [2.05, 4.69) is 15.5 Å². The number of nitrogens with one attached hydrogen (secondary N) is 1. The molecule has 0 aliphatic carbocycles. The zero-order valence-corrected chi connectivity index (χ0v) is 10.4. The standard InChI is InChI=1S/C15H11N3O2/c19-15(20)13-11-8-4-5-9-12(11)14(18-17-13)16-10-6-2-1-3-7-10/h1-9H,(H,16,18)(H,19,20). The van der Waals surface area contributed by atoms with Crippen LogP contribution < -0.4 is 5.32 Å². The number of aromatic carboxylic acids is 1. The third kappa shape index (κ3) is 2.16. The molecule has 5 heteroatoms. The SMILES string of the molecule is O=C(O)c1nnc(Nc2ccccc2)c2ccccc12. The molecule has 0 radical (unpaired) electrons. The van der Waals surface area contributed by atoms with Crippen molar-refractivity contribution in [3.63, 3.8) is 0 Å². The van der Waals surface area contributed by atoms with Crippen LogP contribution in [0.25, 0.3) is 10.8 Å². The van der Waals surface area contributed by atoms with Crippen LogP contribution in [0.1, 0.15) is 10.5 Å². The lowest BCUT2D eigenvalue weighted by Gasteiger charge is -2.09. The normalized spacial score (nSPS) is 10.4. The Morgan fingerprint density at radius 1 is 0.900 bits per heavy atom. The molecule has 0 unspecified atom stereocenters. The van der Waals surface area contributed by atoms with Gasteiger partial charge in [-0.25, -0.2) is 4.79 Å². The van der Waals surface area contributed by atoms with E-state index >= 15 is 0 Å². The first-order valence-corrected chi connectivity index (χ1v) is 6.06. The minimum absolute atomic E-state index is 0.0424. The summed E-state index contributed by atoms with van der Waals surface area (Å²) in [5, 5.41) is 21.3. The molecular formula is C15H11N3O2. The van der Waals surface area contributed by atoms with E-state index in [4.69, 9.17) is 5.11 Å². The second kappa shape index (κ2) is 4.97. The fraction of sp³-hybridized carbons (Fsp3) is 0. The molecule has 2 aromatic carbocycles. The first kappa shape index (κ1) is 12.1. The predicted molar refractivity (Wildman–Crippen MR) is 76.2 cm³/mol. The maximum Gasteiger partial charge on any atom is 0.357 e. The molecule has 0 atom stereocenters. The van der Waals surface area contributed by atoms with Crippen molar-refractivity contribution in [2.75, 3.05) is 5.32 Å². The number of hydrogen-bond acceptors (Lipinski definition) is 4. The van der Waals surface area contributed by atoms with Crippen LogP contribution in [-0.2, 0) is 0 Å². The molecular weight excluding hydrogens is 254 g/mol. The molecule has 0 bridgehead atoms. The molecule has 1 heterocycles. The highest BCUT2D eigenvalue weighted by Gasteiger charge is 2.14. The van der Waals surface area contributed by atoms with E-state index in [-0.39, 0.29) is 5.69 Å². The summed E-state index contributed by atoms with van der Waals surface area (Å²) >= 11 is 0. The molecule has 0 fully saturated rings. The van der Waals surface area contributed by atoms with Gasteiger partial charge in [-0.2, -0.15) is 0 Å². The second-order valence-corrected chi connectivity index (χ2v) is 4.24. The lowest BCUT2D eigenvalue weighted by atomic mass is 10.1. The van der Waals surface area contributed by atoms with E-state index < -0.39 is 5.97 Å². The molecule has 2 N–H and O–H groups in total. The summed E-state index contributed by atoms with van der Waals surface area (Å²) in [6, 6.07) is 16.7. The van der Waals surface area contributed by atoms with Gasteiger partial charge in [0.15, 0.2) is 11.5 Å². The van der Waals surface area contributed by atoms with Crippen molar-refractivity contribution in [3.8, 4) is 0 Å². The van der Waals surface area contributed by atoms with Gasteiger partial charge in [-0.15, -0.1) is 10.2 Å². The largest absolute Gasteiger partial charge is 0.476 e. The molecule has 0 aliphatic rings. The Kier molecular flexibility index (Phi) is 3.01. The van der Waals surface area contributed by atoms with Crippen LogP contribution in [0.5, 0.6) is 0 Å². The molecule has 0 saturated carbocycles. The zero-order chi connectivity index (χ0) is 13.9. The summed E-state index contributed by atoms with van der Waals surface area (Å²) in [5.74, 6) is -0.545. The lowest BCUT2D eigenvalue weighted by Crippen LogP contribution is -2.06.